The zero-order valence-corrected chi connectivity index (χ0v) is 12.9. The van der Waals surface area contributed by atoms with Crippen LogP contribution in [0.25, 0.3) is 0 Å². The normalized spacial score (nSPS) is 14.1. The molecule has 0 bridgehead atoms. The summed E-state index contributed by atoms with van der Waals surface area (Å²) in [6, 6.07) is 0. The molecule has 0 saturated carbocycles. The molecular formula is C12H26NiO3P+. The van der Waals surface area contributed by atoms with Crippen LogP contribution in [0.1, 0.15) is 65.2 Å². The predicted molar refractivity (Wildman–Crippen MR) is 66.7 cm³/mol. The molecule has 0 fully saturated rings. The smallest absolute Gasteiger partial charge is 0.778 e. The maximum atomic E-state index is 11.4. The fourth-order valence-electron chi connectivity index (χ4n) is 1.53. The zero-order chi connectivity index (χ0) is 12.3. The first-order chi connectivity index (χ1) is 7.62. The van der Waals surface area contributed by atoms with E-state index >= 15 is 0 Å². The van der Waals surface area contributed by atoms with Crippen molar-refractivity contribution in [3.8, 4) is 0 Å². The van der Waals surface area contributed by atoms with Crippen LogP contribution in [0.15, 0.2) is 0 Å². The van der Waals surface area contributed by atoms with Gasteiger partial charge in [0.1, 0.15) is 7.60 Å². The third-order valence-electron chi connectivity index (χ3n) is 2.57. The summed E-state index contributed by atoms with van der Waals surface area (Å²) in [5.74, 6) is 0. The van der Waals surface area contributed by atoms with Gasteiger partial charge in [-0.25, -0.2) is 0 Å². The standard InChI is InChI=1S/C12H27O3P.Ni/c1-3-5-7-9-11-15-16(13,14)12-10-8-6-4-2;/h3-12H2,1-2H3,(H,13,14);/q;+2/p-1. The van der Waals surface area contributed by atoms with Crippen molar-refractivity contribution in [1.82, 2.24) is 0 Å². The first-order valence-corrected chi connectivity index (χ1v) is 8.29. The predicted octanol–water partition coefficient (Wildman–Crippen LogP) is 3.71. The molecule has 3 nitrogen and oxygen atoms in total. The van der Waals surface area contributed by atoms with Crippen molar-refractivity contribution in [2.24, 2.45) is 0 Å². The van der Waals surface area contributed by atoms with Gasteiger partial charge in [-0.1, -0.05) is 52.4 Å². The second-order valence-corrected chi connectivity index (χ2v) is 6.22. The molecule has 0 aliphatic heterocycles. The van der Waals surface area contributed by atoms with Crippen molar-refractivity contribution in [2.75, 3.05) is 12.8 Å². The van der Waals surface area contributed by atoms with Crippen LogP contribution in [0.2, 0.25) is 0 Å². The fourth-order valence-corrected chi connectivity index (χ4v) is 2.68. The van der Waals surface area contributed by atoms with Gasteiger partial charge in [0.2, 0.25) is 0 Å². The van der Waals surface area contributed by atoms with Crippen molar-refractivity contribution < 1.29 is 30.5 Å². The molecule has 0 aromatic carbocycles. The van der Waals surface area contributed by atoms with Crippen LogP contribution < -0.4 is 4.89 Å². The molecule has 0 aromatic rings. The van der Waals surface area contributed by atoms with E-state index in [4.69, 9.17) is 4.52 Å². The van der Waals surface area contributed by atoms with Crippen LogP contribution in [-0.4, -0.2) is 12.8 Å². The maximum absolute atomic E-state index is 11.4. The number of rotatable bonds is 11. The van der Waals surface area contributed by atoms with E-state index in [1.807, 2.05) is 0 Å². The molecule has 0 N–H and O–H groups in total. The van der Waals surface area contributed by atoms with Crippen molar-refractivity contribution in [3.05, 3.63) is 0 Å². The van der Waals surface area contributed by atoms with Gasteiger partial charge in [0.25, 0.3) is 0 Å². The summed E-state index contributed by atoms with van der Waals surface area (Å²) >= 11 is 0. The Labute approximate surface area is 116 Å². The van der Waals surface area contributed by atoms with E-state index in [-0.39, 0.29) is 22.7 Å². The Kier molecular flexibility index (Phi) is 15.4. The Morgan fingerprint density at radius 1 is 0.941 bits per heavy atom. The van der Waals surface area contributed by atoms with Crippen LogP contribution in [0.3, 0.4) is 0 Å². The molecule has 0 saturated heterocycles. The van der Waals surface area contributed by atoms with Gasteiger partial charge in [0.15, 0.2) is 0 Å². The molecule has 0 aliphatic carbocycles. The average molecular weight is 308 g/mol. The Morgan fingerprint density at radius 2 is 1.47 bits per heavy atom. The Morgan fingerprint density at radius 3 is 2.00 bits per heavy atom. The maximum Gasteiger partial charge on any atom is 2.00 e. The van der Waals surface area contributed by atoms with E-state index in [0.29, 0.717) is 6.61 Å². The molecule has 5 heteroatoms. The van der Waals surface area contributed by atoms with Crippen molar-refractivity contribution >= 4 is 7.60 Å². The van der Waals surface area contributed by atoms with Crippen LogP contribution in [0, 0.1) is 0 Å². The number of hydrogen-bond donors (Lipinski definition) is 0. The molecular weight excluding hydrogens is 282 g/mol. The minimum absolute atomic E-state index is 0. The van der Waals surface area contributed by atoms with E-state index in [1.165, 1.54) is 0 Å². The topological polar surface area (TPSA) is 49.4 Å². The van der Waals surface area contributed by atoms with Gasteiger partial charge >= 0.3 is 16.5 Å². The largest absolute Gasteiger partial charge is 2.00 e. The first-order valence-electron chi connectivity index (χ1n) is 6.57. The van der Waals surface area contributed by atoms with Gasteiger partial charge in [-0.15, -0.1) is 0 Å². The van der Waals surface area contributed by atoms with Gasteiger partial charge in [-0.3, -0.25) is 0 Å². The summed E-state index contributed by atoms with van der Waals surface area (Å²) in [6.45, 7) is 4.61. The fraction of sp³-hybridized carbons (Fsp3) is 1.00. The second-order valence-electron chi connectivity index (χ2n) is 4.29. The SMILES string of the molecule is CCCCCCOP(=O)([O-])CCCCCC.[Ni+2]. The average Bonchev–Trinajstić information content (AvgIpc) is 2.24. The van der Waals surface area contributed by atoms with Crippen molar-refractivity contribution in [1.29, 1.82) is 0 Å². The number of unbranched alkanes of at least 4 members (excludes halogenated alkanes) is 6. The molecule has 1 unspecified atom stereocenters. The van der Waals surface area contributed by atoms with Gasteiger partial charge in [0, 0.05) is 6.16 Å². The minimum atomic E-state index is -3.53. The summed E-state index contributed by atoms with van der Waals surface area (Å²) < 4.78 is 16.4. The van der Waals surface area contributed by atoms with E-state index < -0.39 is 7.60 Å². The Balaban J connectivity index is 0. The van der Waals surface area contributed by atoms with E-state index in [9.17, 15) is 9.46 Å². The molecule has 0 rings (SSSR count). The molecule has 1 atom stereocenters. The van der Waals surface area contributed by atoms with Gasteiger partial charge in [-0.05, 0) is 12.8 Å². The summed E-state index contributed by atoms with van der Waals surface area (Å²) in [5.41, 5.74) is 0. The van der Waals surface area contributed by atoms with E-state index in [2.05, 4.69) is 13.8 Å². The van der Waals surface area contributed by atoms with Crippen molar-refractivity contribution in [2.45, 2.75) is 65.2 Å². The Hall–Kier alpha value is 0.644. The molecule has 0 aliphatic rings. The number of hydrogen-bond acceptors (Lipinski definition) is 3. The minimum Gasteiger partial charge on any atom is -0.778 e. The molecule has 0 spiro atoms. The molecule has 0 amide bonds. The monoisotopic (exact) mass is 307 g/mol. The molecule has 0 heterocycles. The van der Waals surface area contributed by atoms with Crippen LogP contribution in [-0.2, 0) is 25.6 Å². The second kappa shape index (κ2) is 13.1. The zero-order valence-electron chi connectivity index (χ0n) is 11.1. The third-order valence-corrected chi connectivity index (χ3v) is 4.01. The third kappa shape index (κ3) is 14.6. The van der Waals surface area contributed by atoms with Crippen molar-refractivity contribution in [3.63, 3.8) is 0 Å². The summed E-state index contributed by atoms with van der Waals surface area (Å²) in [4.78, 5) is 11.4. The van der Waals surface area contributed by atoms with E-state index in [0.717, 1.165) is 51.4 Å². The van der Waals surface area contributed by atoms with Crippen LogP contribution in [0.4, 0.5) is 0 Å². The summed E-state index contributed by atoms with van der Waals surface area (Å²) in [6.07, 6.45) is 8.40. The Bertz CT molecular complexity index is 200. The van der Waals surface area contributed by atoms with Crippen LogP contribution in [0.5, 0.6) is 0 Å². The summed E-state index contributed by atoms with van der Waals surface area (Å²) in [5, 5.41) is 0. The quantitative estimate of drug-likeness (QED) is 0.332. The van der Waals surface area contributed by atoms with Gasteiger partial charge in [-0.2, -0.15) is 0 Å². The molecule has 0 aromatic heterocycles. The first kappa shape index (κ1) is 20.0. The molecule has 106 valence electrons. The van der Waals surface area contributed by atoms with Gasteiger partial charge in [0.05, 0.1) is 6.61 Å². The van der Waals surface area contributed by atoms with Crippen LogP contribution >= 0.6 is 7.60 Å². The summed E-state index contributed by atoms with van der Waals surface area (Å²) in [7, 11) is -3.53. The molecule has 17 heavy (non-hydrogen) atoms. The molecule has 0 radical (unpaired) electrons. The van der Waals surface area contributed by atoms with E-state index in [1.54, 1.807) is 0 Å². The van der Waals surface area contributed by atoms with Gasteiger partial charge < -0.3 is 14.0 Å².